The average Bonchev–Trinajstić information content (AvgIpc) is 2.31. The highest BCUT2D eigenvalue weighted by molar-refractivity contribution is 8.00. The van der Waals surface area contributed by atoms with Crippen molar-refractivity contribution in [3.63, 3.8) is 0 Å². The Kier molecular flexibility index (Phi) is 4.04. The van der Waals surface area contributed by atoms with Gasteiger partial charge in [0.1, 0.15) is 5.75 Å². The van der Waals surface area contributed by atoms with Crippen LogP contribution in [-0.4, -0.2) is 30.4 Å². The van der Waals surface area contributed by atoms with Crippen LogP contribution < -0.4 is 5.32 Å². The molecule has 100 valence electrons. The van der Waals surface area contributed by atoms with Crippen LogP contribution in [0.2, 0.25) is 0 Å². The van der Waals surface area contributed by atoms with Gasteiger partial charge >= 0.3 is 5.51 Å². The SMILES string of the molecule is Oc1ccc(SC(F)(F)F)cc1[C@@H]1COCCN1. The molecule has 0 amide bonds. The summed E-state index contributed by atoms with van der Waals surface area (Å²) in [7, 11) is 0. The number of hydrogen-bond donors (Lipinski definition) is 2. The van der Waals surface area contributed by atoms with Crippen LogP contribution >= 0.6 is 11.8 Å². The smallest absolute Gasteiger partial charge is 0.446 e. The molecule has 0 aromatic heterocycles. The molecule has 2 N–H and O–H groups in total. The predicted octanol–water partition coefficient (Wildman–Crippen LogP) is 2.67. The van der Waals surface area contributed by atoms with E-state index in [2.05, 4.69) is 5.32 Å². The van der Waals surface area contributed by atoms with E-state index in [1.54, 1.807) is 0 Å². The average molecular weight is 279 g/mol. The molecule has 0 radical (unpaired) electrons. The summed E-state index contributed by atoms with van der Waals surface area (Å²) in [5, 5.41) is 12.8. The maximum Gasteiger partial charge on any atom is 0.446 e. The Bertz CT molecular complexity index is 419. The number of hydrogen-bond acceptors (Lipinski definition) is 4. The van der Waals surface area contributed by atoms with Gasteiger partial charge in [0, 0.05) is 17.0 Å². The van der Waals surface area contributed by atoms with Crippen molar-refractivity contribution >= 4 is 11.8 Å². The summed E-state index contributed by atoms with van der Waals surface area (Å²) in [6.45, 7) is 1.52. The molecule has 1 aliphatic heterocycles. The topological polar surface area (TPSA) is 41.5 Å². The van der Waals surface area contributed by atoms with Gasteiger partial charge in [0.25, 0.3) is 0 Å². The summed E-state index contributed by atoms with van der Waals surface area (Å²) in [6, 6.07) is 3.60. The highest BCUT2D eigenvalue weighted by Gasteiger charge is 2.30. The van der Waals surface area contributed by atoms with Crippen molar-refractivity contribution in [2.45, 2.75) is 16.4 Å². The Balaban J connectivity index is 2.20. The van der Waals surface area contributed by atoms with Crippen molar-refractivity contribution < 1.29 is 23.0 Å². The second-order valence-corrected chi connectivity index (χ2v) is 4.99. The third kappa shape index (κ3) is 3.54. The fourth-order valence-electron chi connectivity index (χ4n) is 1.77. The van der Waals surface area contributed by atoms with Gasteiger partial charge < -0.3 is 15.2 Å². The third-order valence-corrected chi connectivity index (χ3v) is 3.25. The van der Waals surface area contributed by atoms with Crippen molar-refractivity contribution in [3.05, 3.63) is 23.8 Å². The second kappa shape index (κ2) is 5.38. The fraction of sp³-hybridized carbons (Fsp3) is 0.455. The number of halogens is 3. The van der Waals surface area contributed by atoms with Crippen molar-refractivity contribution in [1.29, 1.82) is 0 Å². The van der Waals surface area contributed by atoms with E-state index < -0.39 is 5.51 Å². The Labute approximate surface area is 106 Å². The molecular formula is C11H12F3NO2S. The summed E-state index contributed by atoms with van der Waals surface area (Å²) in [6.07, 6.45) is 0. The van der Waals surface area contributed by atoms with Crippen molar-refractivity contribution in [1.82, 2.24) is 5.32 Å². The molecule has 2 rings (SSSR count). The van der Waals surface area contributed by atoms with Crippen molar-refractivity contribution in [3.8, 4) is 5.75 Å². The number of nitrogens with one attached hydrogen (secondary N) is 1. The molecule has 0 aliphatic carbocycles. The lowest BCUT2D eigenvalue weighted by Gasteiger charge is -2.25. The molecule has 0 unspecified atom stereocenters. The molecule has 3 nitrogen and oxygen atoms in total. The quantitative estimate of drug-likeness (QED) is 0.817. The highest BCUT2D eigenvalue weighted by atomic mass is 32.2. The monoisotopic (exact) mass is 279 g/mol. The van der Waals surface area contributed by atoms with Gasteiger partial charge in [-0.2, -0.15) is 13.2 Å². The molecule has 1 saturated heterocycles. The second-order valence-electron chi connectivity index (χ2n) is 3.85. The van der Waals surface area contributed by atoms with Crippen LogP contribution in [0.15, 0.2) is 23.1 Å². The first-order chi connectivity index (χ1) is 8.46. The minimum atomic E-state index is -4.33. The van der Waals surface area contributed by atoms with Gasteiger partial charge in [0.15, 0.2) is 0 Å². The number of rotatable bonds is 2. The van der Waals surface area contributed by atoms with Crippen LogP contribution in [0.25, 0.3) is 0 Å². The van der Waals surface area contributed by atoms with E-state index >= 15 is 0 Å². The number of alkyl halides is 3. The number of ether oxygens (including phenoxy) is 1. The Morgan fingerprint density at radius 3 is 2.78 bits per heavy atom. The number of thioether (sulfide) groups is 1. The molecule has 1 atom stereocenters. The zero-order valence-electron chi connectivity index (χ0n) is 9.33. The third-order valence-electron chi connectivity index (χ3n) is 2.53. The standard InChI is InChI=1S/C11H12F3NO2S/c12-11(13,14)18-7-1-2-10(16)8(5-7)9-6-17-4-3-15-9/h1-2,5,9,15-16H,3-4,6H2/t9-/m0/s1. The molecule has 1 aliphatic rings. The van der Waals surface area contributed by atoms with Gasteiger partial charge in [-0.05, 0) is 30.0 Å². The largest absolute Gasteiger partial charge is 0.508 e. The number of phenolic OH excluding ortho intramolecular Hbond substituents is 1. The summed E-state index contributed by atoms with van der Waals surface area (Å²) < 4.78 is 42.1. The minimum absolute atomic E-state index is 0.0236. The van der Waals surface area contributed by atoms with Gasteiger partial charge in [-0.15, -0.1) is 0 Å². The van der Waals surface area contributed by atoms with Gasteiger partial charge in [0.05, 0.1) is 19.3 Å². The van der Waals surface area contributed by atoms with Crippen LogP contribution in [-0.2, 0) is 4.74 Å². The maximum absolute atomic E-state index is 12.3. The molecule has 1 heterocycles. The molecule has 0 saturated carbocycles. The van der Waals surface area contributed by atoms with E-state index in [9.17, 15) is 18.3 Å². The summed E-state index contributed by atoms with van der Waals surface area (Å²) >= 11 is -0.192. The lowest BCUT2D eigenvalue weighted by molar-refractivity contribution is -0.0328. The van der Waals surface area contributed by atoms with Crippen LogP contribution in [0.3, 0.4) is 0 Å². The van der Waals surface area contributed by atoms with E-state index in [-0.39, 0.29) is 28.4 Å². The van der Waals surface area contributed by atoms with Gasteiger partial charge in [0.2, 0.25) is 0 Å². The highest BCUT2D eigenvalue weighted by Crippen LogP contribution is 2.39. The Hall–Kier alpha value is -0.920. The number of benzene rings is 1. The first-order valence-corrected chi connectivity index (χ1v) is 6.17. The normalized spacial score (nSPS) is 20.9. The van der Waals surface area contributed by atoms with Crippen molar-refractivity contribution in [2.75, 3.05) is 19.8 Å². The van der Waals surface area contributed by atoms with E-state index in [1.165, 1.54) is 18.2 Å². The van der Waals surface area contributed by atoms with Crippen LogP contribution in [0.1, 0.15) is 11.6 Å². The molecule has 0 bridgehead atoms. The molecule has 1 aromatic carbocycles. The van der Waals surface area contributed by atoms with Crippen molar-refractivity contribution in [2.24, 2.45) is 0 Å². The molecule has 7 heteroatoms. The van der Waals surface area contributed by atoms with E-state index in [0.717, 1.165) is 0 Å². The molecular weight excluding hydrogens is 267 g/mol. The lowest BCUT2D eigenvalue weighted by Crippen LogP contribution is -2.34. The number of aromatic hydroxyl groups is 1. The van der Waals surface area contributed by atoms with Crippen LogP contribution in [0, 0.1) is 0 Å². The summed E-state index contributed by atoms with van der Waals surface area (Å²) in [4.78, 5) is 0.0580. The van der Waals surface area contributed by atoms with Gasteiger partial charge in [-0.1, -0.05) is 0 Å². The lowest BCUT2D eigenvalue weighted by atomic mass is 10.1. The zero-order chi connectivity index (χ0) is 13.2. The molecule has 1 aromatic rings. The number of phenols is 1. The minimum Gasteiger partial charge on any atom is -0.508 e. The zero-order valence-corrected chi connectivity index (χ0v) is 10.1. The Morgan fingerprint density at radius 1 is 1.39 bits per heavy atom. The molecule has 1 fully saturated rings. The first kappa shape index (κ1) is 13.5. The van der Waals surface area contributed by atoms with Crippen LogP contribution in [0.4, 0.5) is 13.2 Å². The predicted molar refractivity (Wildman–Crippen MR) is 61.6 cm³/mol. The van der Waals surface area contributed by atoms with Crippen LogP contribution in [0.5, 0.6) is 5.75 Å². The molecule has 0 spiro atoms. The summed E-state index contributed by atoms with van der Waals surface area (Å²) in [5.41, 5.74) is -3.89. The van der Waals surface area contributed by atoms with Gasteiger partial charge in [-0.25, -0.2) is 0 Å². The van der Waals surface area contributed by atoms with Gasteiger partial charge in [-0.3, -0.25) is 0 Å². The number of morpholine rings is 1. The van der Waals surface area contributed by atoms with E-state index in [4.69, 9.17) is 4.74 Å². The maximum atomic E-state index is 12.3. The fourth-order valence-corrected chi connectivity index (χ4v) is 2.36. The molecule has 18 heavy (non-hydrogen) atoms. The summed E-state index contributed by atoms with van der Waals surface area (Å²) in [5.74, 6) is -0.0236. The van der Waals surface area contributed by atoms with E-state index in [1.807, 2.05) is 0 Å². The first-order valence-electron chi connectivity index (χ1n) is 5.35. The van der Waals surface area contributed by atoms with E-state index in [0.29, 0.717) is 25.3 Å². The Morgan fingerprint density at radius 2 is 2.17 bits per heavy atom.